The first kappa shape index (κ1) is 16.5. The summed E-state index contributed by atoms with van der Waals surface area (Å²) >= 11 is 0. The number of hydrogen-bond donors (Lipinski definition) is 0. The van der Waals surface area contributed by atoms with E-state index in [-0.39, 0.29) is 0 Å². The van der Waals surface area contributed by atoms with Crippen LogP contribution in [0, 0.1) is 11.3 Å². The van der Waals surface area contributed by atoms with Gasteiger partial charge in [0.15, 0.2) is 0 Å². The second kappa shape index (κ2) is 7.95. The molecule has 0 atom stereocenters. The average Bonchev–Trinajstić information content (AvgIpc) is 3.02. The minimum absolute atomic E-state index is 0.659. The number of benzene rings is 1. The van der Waals surface area contributed by atoms with E-state index in [4.69, 9.17) is 10.00 Å². The molecule has 0 bridgehead atoms. The van der Waals surface area contributed by atoms with Crippen LogP contribution in [0.3, 0.4) is 0 Å². The van der Waals surface area contributed by atoms with Crippen molar-refractivity contribution in [1.82, 2.24) is 19.4 Å². The molecule has 0 N–H and O–H groups in total. The van der Waals surface area contributed by atoms with Gasteiger partial charge in [-0.2, -0.15) is 5.26 Å². The fourth-order valence-electron chi connectivity index (χ4n) is 2.84. The largest absolute Gasteiger partial charge is 0.492 e. The molecule has 0 radical (unpaired) electrons. The molecule has 3 rings (SSSR count). The highest BCUT2D eigenvalue weighted by Crippen LogP contribution is 2.12. The van der Waals surface area contributed by atoms with Gasteiger partial charge in [0.05, 0.1) is 18.2 Å². The zero-order valence-corrected chi connectivity index (χ0v) is 14.1. The van der Waals surface area contributed by atoms with Crippen LogP contribution in [0.5, 0.6) is 5.75 Å². The Kier molecular flexibility index (Phi) is 5.47. The summed E-state index contributed by atoms with van der Waals surface area (Å²) in [6, 6.07) is 9.38. The minimum Gasteiger partial charge on any atom is -0.492 e. The summed E-state index contributed by atoms with van der Waals surface area (Å²) < 4.78 is 7.84. The predicted octanol–water partition coefficient (Wildman–Crippen LogP) is 1.49. The lowest BCUT2D eigenvalue weighted by Gasteiger charge is -2.34. The number of nitrogens with zero attached hydrogens (tertiary/aromatic N) is 5. The third-order valence-corrected chi connectivity index (χ3v) is 4.41. The van der Waals surface area contributed by atoms with Gasteiger partial charge in [-0.05, 0) is 24.3 Å². The Bertz CT molecular complexity index is 680. The van der Waals surface area contributed by atoms with Crippen LogP contribution in [0.25, 0.3) is 0 Å². The van der Waals surface area contributed by atoms with Crippen molar-refractivity contribution in [3.05, 3.63) is 48.0 Å². The number of piperazine rings is 1. The molecule has 0 amide bonds. The SMILES string of the molecule is Cn1ccnc1CN1CCN(CCOc2ccc(C#N)cc2)CC1. The molecule has 1 aromatic carbocycles. The zero-order valence-electron chi connectivity index (χ0n) is 14.1. The molecule has 2 aromatic rings. The fraction of sp³-hybridized carbons (Fsp3) is 0.444. The fourth-order valence-corrected chi connectivity index (χ4v) is 2.84. The van der Waals surface area contributed by atoms with Crippen molar-refractivity contribution in [2.45, 2.75) is 6.54 Å². The Morgan fingerprint density at radius 1 is 1.12 bits per heavy atom. The third kappa shape index (κ3) is 4.34. The first-order valence-electron chi connectivity index (χ1n) is 8.28. The van der Waals surface area contributed by atoms with Gasteiger partial charge in [0.25, 0.3) is 0 Å². The first-order valence-corrected chi connectivity index (χ1v) is 8.28. The second-order valence-corrected chi connectivity index (χ2v) is 6.06. The molecule has 1 aliphatic rings. The standard InChI is InChI=1S/C18H23N5O/c1-21-7-6-20-18(21)15-23-10-8-22(9-11-23)12-13-24-17-4-2-16(14-19)3-5-17/h2-7H,8-13,15H2,1H3. The summed E-state index contributed by atoms with van der Waals surface area (Å²) in [6.07, 6.45) is 3.85. The summed E-state index contributed by atoms with van der Waals surface area (Å²) in [6.45, 7) is 6.75. The normalized spacial score (nSPS) is 16.0. The first-order chi connectivity index (χ1) is 11.7. The summed E-state index contributed by atoms with van der Waals surface area (Å²) in [5.41, 5.74) is 0.659. The lowest BCUT2D eigenvalue weighted by Crippen LogP contribution is -2.47. The van der Waals surface area contributed by atoms with Gasteiger partial charge in [0, 0.05) is 52.2 Å². The molecule has 1 fully saturated rings. The summed E-state index contributed by atoms with van der Waals surface area (Å²) in [7, 11) is 2.04. The van der Waals surface area contributed by atoms with E-state index < -0.39 is 0 Å². The second-order valence-electron chi connectivity index (χ2n) is 6.06. The van der Waals surface area contributed by atoms with Crippen molar-refractivity contribution < 1.29 is 4.74 Å². The number of aryl methyl sites for hydroxylation is 1. The molecule has 0 spiro atoms. The van der Waals surface area contributed by atoms with E-state index in [9.17, 15) is 0 Å². The Hall–Kier alpha value is -2.36. The van der Waals surface area contributed by atoms with Crippen LogP contribution >= 0.6 is 0 Å². The molecule has 2 heterocycles. The van der Waals surface area contributed by atoms with Gasteiger partial charge in [-0.15, -0.1) is 0 Å². The van der Waals surface area contributed by atoms with Gasteiger partial charge in [0.2, 0.25) is 0 Å². The van der Waals surface area contributed by atoms with Crippen molar-refractivity contribution >= 4 is 0 Å². The maximum absolute atomic E-state index is 8.79. The van der Waals surface area contributed by atoms with E-state index >= 15 is 0 Å². The number of aromatic nitrogens is 2. The third-order valence-electron chi connectivity index (χ3n) is 4.41. The van der Waals surface area contributed by atoms with Gasteiger partial charge in [-0.1, -0.05) is 0 Å². The van der Waals surface area contributed by atoms with Gasteiger partial charge in [-0.3, -0.25) is 9.80 Å². The van der Waals surface area contributed by atoms with Crippen LogP contribution in [0.1, 0.15) is 11.4 Å². The molecular formula is C18H23N5O. The van der Waals surface area contributed by atoms with Crippen molar-refractivity contribution in [2.75, 3.05) is 39.3 Å². The summed E-state index contributed by atoms with van der Waals surface area (Å²) in [4.78, 5) is 9.27. The zero-order chi connectivity index (χ0) is 16.8. The lowest BCUT2D eigenvalue weighted by atomic mass is 10.2. The average molecular weight is 325 g/mol. The number of rotatable bonds is 6. The number of ether oxygens (including phenoxy) is 1. The molecular weight excluding hydrogens is 302 g/mol. The molecule has 0 saturated carbocycles. The van der Waals surface area contributed by atoms with Gasteiger partial charge in [0.1, 0.15) is 18.2 Å². The number of nitriles is 1. The smallest absolute Gasteiger partial charge is 0.122 e. The Balaban J connectivity index is 1.36. The van der Waals surface area contributed by atoms with Crippen LogP contribution < -0.4 is 4.74 Å². The van der Waals surface area contributed by atoms with Crippen LogP contribution in [-0.4, -0.2) is 58.7 Å². The van der Waals surface area contributed by atoms with Crippen LogP contribution in [0.4, 0.5) is 0 Å². The lowest BCUT2D eigenvalue weighted by molar-refractivity contribution is 0.110. The van der Waals surface area contributed by atoms with E-state index in [0.29, 0.717) is 12.2 Å². The molecule has 24 heavy (non-hydrogen) atoms. The molecule has 126 valence electrons. The topological polar surface area (TPSA) is 57.3 Å². The van der Waals surface area contributed by atoms with Crippen molar-refractivity contribution in [3.8, 4) is 11.8 Å². The molecule has 1 aromatic heterocycles. The predicted molar refractivity (Wildman–Crippen MR) is 91.6 cm³/mol. The highest BCUT2D eigenvalue weighted by atomic mass is 16.5. The molecule has 6 heteroatoms. The summed E-state index contributed by atoms with van der Waals surface area (Å²) in [5, 5.41) is 8.79. The van der Waals surface area contributed by atoms with E-state index in [1.165, 1.54) is 0 Å². The molecule has 1 aliphatic heterocycles. The Labute approximate surface area is 142 Å². The molecule has 1 saturated heterocycles. The van der Waals surface area contributed by atoms with E-state index in [0.717, 1.165) is 50.8 Å². The Morgan fingerprint density at radius 2 is 1.83 bits per heavy atom. The van der Waals surface area contributed by atoms with Crippen LogP contribution in [-0.2, 0) is 13.6 Å². The van der Waals surface area contributed by atoms with Gasteiger partial charge >= 0.3 is 0 Å². The number of hydrogen-bond acceptors (Lipinski definition) is 5. The minimum atomic E-state index is 0.659. The maximum Gasteiger partial charge on any atom is 0.122 e. The van der Waals surface area contributed by atoms with Crippen LogP contribution in [0.15, 0.2) is 36.7 Å². The van der Waals surface area contributed by atoms with E-state index in [1.807, 2.05) is 31.6 Å². The van der Waals surface area contributed by atoms with Crippen molar-refractivity contribution in [3.63, 3.8) is 0 Å². The van der Waals surface area contributed by atoms with E-state index in [1.54, 1.807) is 12.1 Å². The van der Waals surface area contributed by atoms with Crippen molar-refractivity contribution in [1.29, 1.82) is 5.26 Å². The van der Waals surface area contributed by atoms with Crippen LogP contribution in [0.2, 0.25) is 0 Å². The maximum atomic E-state index is 8.79. The van der Waals surface area contributed by atoms with E-state index in [2.05, 4.69) is 25.4 Å². The highest BCUT2D eigenvalue weighted by Gasteiger charge is 2.17. The molecule has 6 nitrogen and oxygen atoms in total. The molecule has 0 unspecified atom stereocenters. The van der Waals surface area contributed by atoms with Gasteiger partial charge in [-0.25, -0.2) is 4.98 Å². The quantitative estimate of drug-likeness (QED) is 0.805. The summed E-state index contributed by atoms with van der Waals surface area (Å²) in [5.74, 6) is 1.94. The van der Waals surface area contributed by atoms with Crippen molar-refractivity contribution in [2.24, 2.45) is 7.05 Å². The number of imidazole rings is 1. The molecule has 0 aliphatic carbocycles. The Morgan fingerprint density at radius 3 is 2.46 bits per heavy atom. The highest BCUT2D eigenvalue weighted by molar-refractivity contribution is 5.34. The monoisotopic (exact) mass is 325 g/mol. The van der Waals surface area contributed by atoms with Gasteiger partial charge < -0.3 is 9.30 Å².